The van der Waals surface area contributed by atoms with E-state index in [2.05, 4.69) is 5.10 Å². The van der Waals surface area contributed by atoms with E-state index in [0.29, 0.717) is 16.3 Å². The van der Waals surface area contributed by atoms with Gasteiger partial charge in [0.2, 0.25) is 0 Å². The fourth-order valence-electron chi connectivity index (χ4n) is 1.95. The van der Waals surface area contributed by atoms with Gasteiger partial charge in [0.05, 0.1) is 22.0 Å². The monoisotopic (exact) mass is 294 g/mol. The number of benzene rings is 1. The van der Waals surface area contributed by atoms with E-state index < -0.39 is 5.97 Å². The standard InChI is InChI=1S/C14H15ClN2O3/c1-8-6-10(4-5-11(8)14(18)19)20-7-12-13(15)9(2)16-17(12)3/h4-6H,7H2,1-3H3,(H,18,19). The third-order valence-corrected chi connectivity index (χ3v) is 3.56. The summed E-state index contributed by atoms with van der Waals surface area (Å²) in [6.07, 6.45) is 0. The Bertz CT molecular complexity index is 665. The predicted molar refractivity (Wildman–Crippen MR) is 75.4 cm³/mol. The maximum Gasteiger partial charge on any atom is 0.335 e. The van der Waals surface area contributed by atoms with Crippen molar-refractivity contribution in [2.45, 2.75) is 20.5 Å². The zero-order chi connectivity index (χ0) is 14.9. The zero-order valence-electron chi connectivity index (χ0n) is 11.5. The van der Waals surface area contributed by atoms with Gasteiger partial charge in [0.15, 0.2) is 0 Å². The van der Waals surface area contributed by atoms with Gasteiger partial charge in [-0.2, -0.15) is 5.10 Å². The lowest BCUT2D eigenvalue weighted by Crippen LogP contribution is -2.04. The summed E-state index contributed by atoms with van der Waals surface area (Å²) in [4.78, 5) is 10.9. The highest BCUT2D eigenvalue weighted by atomic mass is 35.5. The number of aromatic carboxylic acids is 1. The highest BCUT2D eigenvalue weighted by Crippen LogP contribution is 2.23. The van der Waals surface area contributed by atoms with Gasteiger partial charge in [0.1, 0.15) is 12.4 Å². The van der Waals surface area contributed by atoms with Crippen LogP contribution in [0, 0.1) is 13.8 Å². The molecule has 1 heterocycles. The van der Waals surface area contributed by atoms with Crippen LogP contribution in [0.4, 0.5) is 0 Å². The van der Waals surface area contributed by atoms with Gasteiger partial charge in [-0.15, -0.1) is 0 Å². The van der Waals surface area contributed by atoms with E-state index in [9.17, 15) is 4.79 Å². The molecule has 1 aromatic heterocycles. The summed E-state index contributed by atoms with van der Waals surface area (Å²) in [5, 5.41) is 13.8. The molecular weight excluding hydrogens is 280 g/mol. The predicted octanol–water partition coefficient (Wildman–Crippen LogP) is 2.97. The zero-order valence-corrected chi connectivity index (χ0v) is 12.2. The number of hydrogen-bond acceptors (Lipinski definition) is 3. The molecule has 0 atom stereocenters. The number of aromatic nitrogens is 2. The molecule has 106 valence electrons. The Morgan fingerprint density at radius 3 is 2.65 bits per heavy atom. The van der Waals surface area contributed by atoms with Gasteiger partial charge in [0.25, 0.3) is 0 Å². The van der Waals surface area contributed by atoms with Crippen molar-refractivity contribution in [3.63, 3.8) is 0 Å². The molecule has 1 N–H and O–H groups in total. The first-order valence-electron chi connectivity index (χ1n) is 6.05. The summed E-state index contributed by atoms with van der Waals surface area (Å²) in [7, 11) is 1.80. The van der Waals surface area contributed by atoms with E-state index in [0.717, 1.165) is 11.4 Å². The van der Waals surface area contributed by atoms with Crippen LogP contribution in [0.1, 0.15) is 27.3 Å². The van der Waals surface area contributed by atoms with Crippen LogP contribution >= 0.6 is 11.6 Å². The highest BCUT2D eigenvalue weighted by Gasteiger charge is 2.12. The Morgan fingerprint density at radius 2 is 2.15 bits per heavy atom. The van der Waals surface area contributed by atoms with Crippen LogP contribution in [0.3, 0.4) is 0 Å². The number of nitrogens with zero attached hydrogens (tertiary/aromatic N) is 2. The lowest BCUT2D eigenvalue weighted by Gasteiger charge is -2.09. The summed E-state index contributed by atoms with van der Waals surface area (Å²) in [5.74, 6) is -0.346. The lowest BCUT2D eigenvalue weighted by atomic mass is 10.1. The van der Waals surface area contributed by atoms with E-state index in [-0.39, 0.29) is 12.2 Å². The minimum absolute atomic E-state index is 0.270. The van der Waals surface area contributed by atoms with Gasteiger partial charge >= 0.3 is 5.97 Å². The maximum atomic E-state index is 10.9. The van der Waals surface area contributed by atoms with Gasteiger partial charge in [-0.25, -0.2) is 4.79 Å². The van der Waals surface area contributed by atoms with Crippen molar-refractivity contribution < 1.29 is 14.6 Å². The first kappa shape index (κ1) is 14.4. The van der Waals surface area contributed by atoms with Crippen LogP contribution in [0.5, 0.6) is 5.75 Å². The average molecular weight is 295 g/mol. The normalized spacial score (nSPS) is 10.6. The van der Waals surface area contributed by atoms with E-state index in [1.165, 1.54) is 6.07 Å². The molecular formula is C14H15ClN2O3. The first-order valence-corrected chi connectivity index (χ1v) is 6.42. The van der Waals surface area contributed by atoms with Crippen molar-refractivity contribution in [1.82, 2.24) is 9.78 Å². The molecule has 0 spiro atoms. The van der Waals surface area contributed by atoms with E-state index in [1.54, 1.807) is 30.8 Å². The molecule has 0 amide bonds. The highest BCUT2D eigenvalue weighted by molar-refractivity contribution is 6.31. The van der Waals surface area contributed by atoms with Crippen LogP contribution in [0.15, 0.2) is 18.2 Å². The smallest absolute Gasteiger partial charge is 0.335 e. The number of halogens is 1. The molecule has 6 heteroatoms. The van der Waals surface area contributed by atoms with Gasteiger partial charge in [-0.1, -0.05) is 11.6 Å². The van der Waals surface area contributed by atoms with Crippen molar-refractivity contribution >= 4 is 17.6 Å². The molecule has 5 nitrogen and oxygen atoms in total. The number of hydrogen-bond donors (Lipinski definition) is 1. The second-order valence-corrected chi connectivity index (χ2v) is 4.92. The first-order chi connectivity index (χ1) is 9.40. The summed E-state index contributed by atoms with van der Waals surface area (Å²) in [6.45, 7) is 3.84. The molecule has 0 unspecified atom stereocenters. The Morgan fingerprint density at radius 1 is 1.45 bits per heavy atom. The summed E-state index contributed by atoms with van der Waals surface area (Å²) in [6, 6.07) is 4.86. The molecule has 0 bridgehead atoms. The minimum atomic E-state index is -0.945. The van der Waals surface area contributed by atoms with Gasteiger partial charge in [0, 0.05) is 7.05 Å². The van der Waals surface area contributed by atoms with E-state index >= 15 is 0 Å². The summed E-state index contributed by atoms with van der Waals surface area (Å²) in [5.41, 5.74) is 2.46. The van der Waals surface area contributed by atoms with E-state index in [1.807, 2.05) is 6.92 Å². The van der Waals surface area contributed by atoms with Crippen molar-refractivity contribution in [3.8, 4) is 5.75 Å². The number of carboxylic acids is 1. The van der Waals surface area contributed by atoms with Crippen molar-refractivity contribution in [2.75, 3.05) is 0 Å². The average Bonchev–Trinajstić information content (AvgIpc) is 2.61. The fourth-order valence-corrected chi connectivity index (χ4v) is 2.17. The molecule has 0 saturated heterocycles. The lowest BCUT2D eigenvalue weighted by molar-refractivity contribution is 0.0696. The van der Waals surface area contributed by atoms with Crippen molar-refractivity contribution in [1.29, 1.82) is 0 Å². The van der Waals surface area contributed by atoms with Crippen molar-refractivity contribution in [2.24, 2.45) is 7.05 Å². The molecule has 0 fully saturated rings. The number of aryl methyl sites for hydroxylation is 3. The van der Waals surface area contributed by atoms with Crippen LogP contribution in [0.25, 0.3) is 0 Å². The Labute approximate surface area is 121 Å². The van der Waals surface area contributed by atoms with Crippen LogP contribution in [-0.4, -0.2) is 20.9 Å². The minimum Gasteiger partial charge on any atom is -0.487 e. The number of carbonyl (C=O) groups is 1. The van der Waals surface area contributed by atoms with Crippen LogP contribution < -0.4 is 4.74 Å². The molecule has 2 rings (SSSR count). The molecule has 0 aliphatic carbocycles. The molecule has 0 radical (unpaired) electrons. The summed E-state index contributed by atoms with van der Waals surface area (Å²) >= 11 is 6.14. The van der Waals surface area contributed by atoms with Crippen LogP contribution in [-0.2, 0) is 13.7 Å². The second kappa shape index (κ2) is 5.54. The second-order valence-electron chi connectivity index (χ2n) is 4.54. The number of ether oxygens (including phenoxy) is 1. The molecule has 0 aliphatic heterocycles. The third kappa shape index (κ3) is 2.77. The molecule has 20 heavy (non-hydrogen) atoms. The number of rotatable bonds is 4. The SMILES string of the molecule is Cc1cc(OCc2c(Cl)c(C)nn2C)ccc1C(=O)O. The van der Waals surface area contributed by atoms with Gasteiger partial charge in [-0.3, -0.25) is 4.68 Å². The summed E-state index contributed by atoms with van der Waals surface area (Å²) < 4.78 is 7.32. The molecule has 0 aliphatic rings. The fraction of sp³-hybridized carbons (Fsp3) is 0.286. The van der Waals surface area contributed by atoms with Crippen molar-refractivity contribution in [3.05, 3.63) is 45.7 Å². The molecule has 1 aromatic carbocycles. The largest absolute Gasteiger partial charge is 0.487 e. The Balaban J connectivity index is 2.15. The topological polar surface area (TPSA) is 64.4 Å². The Kier molecular flexibility index (Phi) is 3.99. The van der Waals surface area contributed by atoms with E-state index in [4.69, 9.17) is 21.4 Å². The van der Waals surface area contributed by atoms with Gasteiger partial charge in [-0.05, 0) is 37.6 Å². The molecule has 0 saturated carbocycles. The number of carboxylic acid groups (broad SMARTS) is 1. The Hall–Kier alpha value is -2.01. The van der Waals surface area contributed by atoms with Gasteiger partial charge < -0.3 is 9.84 Å². The maximum absolute atomic E-state index is 10.9. The quantitative estimate of drug-likeness (QED) is 0.941. The third-order valence-electron chi connectivity index (χ3n) is 3.07. The molecule has 2 aromatic rings. The van der Waals surface area contributed by atoms with Crippen LogP contribution in [0.2, 0.25) is 5.02 Å².